The fraction of sp³-hybridized carbons (Fsp3) is 0.529. The van der Waals surface area contributed by atoms with Crippen molar-refractivity contribution in [1.82, 2.24) is 5.32 Å². The largest absolute Gasteiger partial charge is 0.495 e. The van der Waals surface area contributed by atoms with E-state index >= 15 is 0 Å². The number of anilines is 1. The van der Waals surface area contributed by atoms with E-state index in [-0.39, 0.29) is 30.2 Å². The van der Waals surface area contributed by atoms with Gasteiger partial charge in [-0.05, 0) is 38.0 Å². The first-order valence-electron chi connectivity index (χ1n) is 7.71. The van der Waals surface area contributed by atoms with Crippen molar-refractivity contribution in [3.05, 3.63) is 23.8 Å². The lowest BCUT2D eigenvalue weighted by molar-refractivity contribution is -0.126. The van der Waals surface area contributed by atoms with E-state index in [1.165, 1.54) is 0 Å². The molecule has 5 heteroatoms. The summed E-state index contributed by atoms with van der Waals surface area (Å²) in [6.45, 7) is 6.36. The van der Waals surface area contributed by atoms with Crippen LogP contribution < -0.4 is 15.0 Å². The van der Waals surface area contributed by atoms with Crippen LogP contribution in [0.15, 0.2) is 18.2 Å². The van der Waals surface area contributed by atoms with Crippen LogP contribution in [-0.2, 0) is 9.59 Å². The van der Waals surface area contributed by atoms with Crippen LogP contribution in [0, 0.1) is 12.8 Å². The first kappa shape index (κ1) is 16.3. The van der Waals surface area contributed by atoms with Crippen molar-refractivity contribution in [3.63, 3.8) is 0 Å². The van der Waals surface area contributed by atoms with Crippen LogP contribution in [0.5, 0.6) is 5.75 Å². The van der Waals surface area contributed by atoms with Crippen molar-refractivity contribution in [2.45, 2.75) is 39.7 Å². The molecular formula is C17H24N2O3. The molecule has 0 spiro atoms. The Balaban J connectivity index is 2.16. The van der Waals surface area contributed by atoms with Gasteiger partial charge in [0.15, 0.2) is 0 Å². The van der Waals surface area contributed by atoms with Crippen molar-refractivity contribution in [3.8, 4) is 5.75 Å². The van der Waals surface area contributed by atoms with Crippen LogP contribution in [0.2, 0.25) is 0 Å². The molecule has 1 aliphatic heterocycles. The second-order valence-corrected chi connectivity index (χ2v) is 5.90. The topological polar surface area (TPSA) is 58.6 Å². The maximum Gasteiger partial charge on any atom is 0.227 e. The van der Waals surface area contributed by atoms with Gasteiger partial charge in [0.05, 0.1) is 18.7 Å². The number of amides is 2. The summed E-state index contributed by atoms with van der Waals surface area (Å²) in [5.41, 5.74) is 1.79. The smallest absolute Gasteiger partial charge is 0.227 e. The molecule has 0 aliphatic carbocycles. The first-order valence-corrected chi connectivity index (χ1v) is 7.71. The molecule has 1 aromatic rings. The third-order valence-corrected chi connectivity index (χ3v) is 4.12. The standard InChI is InChI=1S/C17H24N2O3/c1-5-12(3)18-17(21)13-9-16(20)19(10-13)14-8-11(2)6-7-15(14)22-4/h6-8,12-13H,5,9-10H2,1-4H3,(H,18,21)/t12-,13-/m1/s1. The Labute approximate surface area is 131 Å². The normalized spacial score (nSPS) is 19.2. The highest BCUT2D eigenvalue weighted by Crippen LogP contribution is 2.33. The molecule has 0 saturated carbocycles. The Hall–Kier alpha value is -2.04. The van der Waals surface area contributed by atoms with E-state index in [9.17, 15) is 9.59 Å². The van der Waals surface area contributed by atoms with Crippen LogP contribution >= 0.6 is 0 Å². The van der Waals surface area contributed by atoms with E-state index < -0.39 is 0 Å². The fourth-order valence-corrected chi connectivity index (χ4v) is 2.59. The van der Waals surface area contributed by atoms with Gasteiger partial charge in [-0.3, -0.25) is 9.59 Å². The van der Waals surface area contributed by atoms with Crippen molar-refractivity contribution in [2.24, 2.45) is 5.92 Å². The monoisotopic (exact) mass is 304 g/mol. The molecule has 2 amide bonds. The minimum Gasteiger partial charge on any atom is -0.495 e. The third kappa shape index (κ3) is 3.40. The number of hydrogen-bond acceptors (Lipinski definition) is 3. The molecule has 120 valence electrons. The lowest BCUT2D eigenvalue weighted by atomic mass is 10.1. The minimum atomic E-state index is -0.299. The molecule has 1 N–H and O–H groups in total. The molecule has 0 unspecified atom stereocenters. The molecule has 1 aliphatic rings. The van der Waals surface area contributed by atoms with Crippen LogP contribution in [0.3, 0.4) is 0 Å². The maximum absolute atomic E-state index is 12.3. The molecule has 1 heterocycles. The van der Waals surface area contributed by atoms with Gasteiger partial charge in [-0.15, -0.1) is 0 Å². The Morgan fingerprint density at radius 1 is 1.50 bits per heavy atom. The van der Waals surface area contributed by atoms with Crippen molar-refractivity contribution < 1.29 is 14.3 Å². The van der Waals surface area contributed by atoms with Crippen LogP contribution in [0.25, 0.3) is 0 Å². The highest BCUT2D eigenvalue weighted by molar-refractivity contribution is 6.01. The number of nitrogens with zero attached hydrogens (tertiary/aromatic N) is 1. The summed E-state index contributed by atoms with van der Waals surface area (Å²) >= 11 is 0. The second-order valence-electron chi connectivity index (χ2n) is 5.90. The summed E-state index contributed by atoms with van der Waals surface area (Å²) in [5, 5.41) is 2.95. The number of ether oxygens (including phenoxy) is 1. The summed E-state index contributed by atoms with van der Waals surface area (Å²) in [4.78, 5) is 26.2. The fourth-order valence-electron chi connectivity index (χ4n) is 2.59. The van der Waals surface area contributed by atoms with Gasteiger partial charge in [0, 0.05) is 19.0 Å². The van der Waals surface area contributed by atoms with Gasteiger partial charge in [-0.25, -0.2) is 0 Å². The molecule has 1 fully saturated rings. The van der Waals surface area contributed by atoms with Gasteiger partial charge in [-0.2, -0.15) is 0 Å². The van der Waals surface area contributed by atoms with E-state index in [0.717, 1.165) is 17.7 Å². The number of rotatable bonds is 5. The summed E-state index contributed by atoms with van der Waals surface area (Å²) < 4.78 is 5.34. The average Bonchev–Trinajstić information content (AvgIpc) is 2.89. The van der Waals surface area contributed by atoms with Gasteiger partial charge < -0.3 is 15.0 Å². The summed E-state index contributed by atoms with van der Waals surface area (Å²) in [7, 11) is 1.59. The number of methoxy groups -OCH3 is 1. The number of carbonyl (C=O) groups is 2. The molecular weight excluding hydrogens is 280 g/mol. The number of benzene rings is 1. The van der Waals surface area contributed by atoms with E-state index in [4.69, 9.17) is 4.74 Å². The summed E-state index contributed by atoms with van der Waals surface area (Å²) in [6, 6.07) is 5.84. The zero-order chi connectivity index (χ0) is 16.3. The zero-order valence-electron chi connectivity index (χ0n) is 13.7. The maximum atomic E-state index is 12.3. The van der Waals surface area contributed by atoms with Gasteiger partial charge in [0.2, 0.25) is 11.8 Å². The molecule has 2 atom stereocenters. The van der Waals surface area contributed by atoms with Gasteiger partial charge in [-0.1, -0.05) is 13.0 Å². The minimum absolute atomic E-state index is 0.0341. The first-order chi connectivity index (χ1) is 10.5. The molecule has 0 radical (unpaired) electrons. The number of aryl methyl sites for hydroxylation is 1. The van der Waals surface area contributed by atoms with Crippen molar-refractivity contribution in [2.75, 3.05) is 18.6 Å². The molecule has 0 bridgehead atoms. The number of nitrogens with one attached hydrogen (secondary N) is 1. The lowest BCUT2D eigenvalue weighted by Crippen LogP contribution is -2.38. The highest BCUT2D eigenvalue weighted by Gasteiger charge is 2.36. The average molecular weight is 304 g/mol. The van der Waals surface area contributed by atoms with Gasteiger partial charge >= 0.3 is 0 Å². The second kappa shape index (κ2) is 6.81. The zero-order valence-corrected chi connectivity index (χ0v) is 13.7. The van der Waals surface area contributed by atoms with E-state index in [1.54, 1.807) is 12.0 Å². The predicted octanol–water partition coefficient (Wildman–Crippen LogP) is 2.27. The van der Waals surface area contributed by atoms with Crippen molar-refractivity contribution in [1.29, 1.82) is 0 Å². The lowest BCUT2D eigenvalue weighted by Gasteiger charge is -2.20. The number of carbonyl (C=O) groups excluding carboxylic acids is 2. The molecule has 1 aromatic carbocycles. The molecule has 5 nitrogen and oxygen atoms in total. The molecule has 0 aromatic heterocycles. The Morgan fingerprint density at radius 3 is 2.86 bits per heavy atom. The molecule has 2 rings (SSSR count). The highest BCUT2D eigenvalue weighted by atomic mass is 16.5. The Morgan fingerprint density at radius 2 is 2.23 bits per heavy atom. The molecule has 22 heavy (non-hydrogen) atoms. The quantitative estimate of drug-likeness (QED) is 0.908. The summed E-state index contributed by atoms with van der Waals surface area (Å²) in [5.74, 6) is 0.277. The van der Waals surface area contributed by atoms with Crippen LogP contribution in [0.4, 0.5) is 5.69 Å². The van der Waals surface area contributed by atoms with E-state index in [0.29, 0.717) is 12.3 Å². The van der Waals surface area contributed by atoms with Crippen LogP contribution in [-0.4, -0.2) is 31.5 Å². The van der Waals surface area contributed by atoms with Gasteiger partial charge in [0.25, 0.3) is 0 Å². The SMILES string of the molecule is CC[C@@H](C)NC(=O)[C@@H]1CC(=O)N(c2cc(C)ccc2OC)C1. The predicted molar refractivity (Wildman–Crippen MR) is 86.1 cm³/mol. The van der Waals surface area contributed by atoms with E-state index in [2.05, 4.69) is 5.32 Å². The summed E-state index contributed by atoms with van der Waals surface area (Å²) in [6.07, 6.45) is 1.13. The van der Waals surface area contributed by atoms with E-state index in [1.807, 2.05) is 39.0 Å². The Bertz CT molecular complexity index is 571. The number of hydrogen-bond donors (Lipinski definition) is 1. The Kier molecular flexibility index (Phi) is 5.06. The molecule has 1 saturated heterocycles. The van der Waals surface area contributed by atoms with Crippen molar-refractivity contribution >= 4 is 17.5 Å². The van der Waals surface area contributed by atoms with Crippen LogP contribution in [0.1, 0.15) is 32.3 Å². The third-order valence-electron chi connectivity index (χ3n) is 4.12. The van der Waals surface area contributed by atoms with Gasteiger partial charge in [0.1, 0.15) is 5.75 Å².